The summed E-state index contributed by atoms with van der Waals surface area (Å²) in [4.78, 5) is 2.22. The maximum absolute atomic E-state index is 11.6. The van der Waals surface area contributed by atoms with Gasteiger partial charge in [-0.15, -0.1) is 0 Å². The predicted molar refractivity (Wildman–Crippen MR) is 56.9 cm³/mol. The zero-order valence-electron chi connectivity index (χ0n) is 8.57. The van der Waals surface area contributed by atoms with Crippen LogP contribution in [0.4, 0.5) is 0 Å². The van der Waals surface area contributed by atoms with Gasteiger partial charge in [0, 0.05) is 19.6 Å². The molecule has 0 N–H and O–H groups in total. The molecular weight excluding hydrogens is 198 g/mol. The molecule has 80 valence electrons. The molecule has 0 saturated carbocycles. The lowest BCUT2D eigenvalue weighted by molar-refractivity contribution is 0.349. The van der Waals surface area contributed by atoms with Gasteiger partial charge in [-0.3, -0.25) is 4.90 Å². The number of fused-ring (bicyclic) bond motifs is 1. The zero-order valence-corrected chi connectivity index (χ0v) is 9.39. The Morgan fingerprint density at radius 2 is 2.21 bits per heavy atom. The van der Waals surface area contributed by atoms with E-state index in [1.54, 1.807) is 0 Å². The van der Waals surface area contributed by atoms with Crippen molar-refractivity contribution in [2.24, 2.45) is 5.92 Å². The van der Waals surface area contributed by atoms with Crippen LogP contribution in [0.2, 0.25) is 0 Å². The van der Waals surface area contributed by atoms with Crippen molar-refractivity contribution in [3.63, 3.8) is 0 Å². The molecule has 0 aromatic carbocycles. The molecule has 2 fully saturated rings. The highest BCUT2D eigenvalue weighted by Gasteiger charge is 2.45. The Kier molecular flexibility index (Phi) is 2.43. The molecule has 0 unspecified atom stereocenters. The first-order valence-electron chi connectivity index (χ1n) is 5.07. The zero-order chi connectivity index (χ0) is 10.3. The van der Waals surface area contributed by atoms with Crippen molar-refractivity contribution < 1.29 is 8.42 Å². The molecular formula is C10H17NO2S. The first-order chi connectivity index (χ1) is 6.49. The number of sulfone groups is 1. The van der Waals surface area contributed by atoms with E-state index in [9.17, 15) is 8.42 Å². The molecule has 3 nitrogen and oxygen atoms in total. The van der Waals surface area contributed by atoms with Gasteiger partial charge < -0.3 is 0 Å². The van der Waals surface area contributed by atoms with E-state index >= 15 is 0 Å². The highest BCUT2D eigenvalue weighted by atomic mass is 32.2. The van der Waals surface area contributed by atoms with Crippen LogP contribution in [-0.2, 0) is 9.84 Å². The Balaban J connectivity index is 2.05. The Bertz CT molecular complexity index is 347. The number of likely N-dealkylation sites (tertiary alicyclic amines) is 1. The second-order valence-electron chi connectivity index (χ2n) is 4.61. The number of rotatable bonds is 2. The standard InChI is InChI=1S/C10H17NO2S/c1-8(2)5-11-6-9-3-4-14(12,13)10(9)7-11/h9-10H,1,3-7H2,2H3/t9-,10+/m1/s1. The highest BCUT2D eigenvalue weighted by Crippen LogP contribution is 2.33. The van der Waals surface area contributed by atoms with Gasteiger partial charge in [-0.25, -0.2) is 8.42 Å². The van der Waals surface area contributed by atoms with Crippen LogP contribution in [-0.4, -0.2) is 44.0 Å². The lowest BCUT2D eigenvalue weighted by Crippen LogP contribution is -2.27. The fourth-order valence-corrected chi connectivity index (χ4v) is 4.77. The van der Waals surface area contributed by atoms with Crippen LogP contribution in [0, 0.1) is 5.92 Å². The SMILES string of the molecule is C=C(C)CN1C[C@H]2CCS(=O)(=O)[C@H]2C1. The van der Waals surface area contributed by atoms with Gasteiger partial charge in [-0.2, -0.15) is 0 Å². The van der Waals surface area contributed by atoms with Crippen molar-refractivity contribution >= 4 is 9.84 Å². The topological polar surface area (TPSA) is 37.4 Å². The molecule has 2 rings (SSSR count). The van der Waals surface area contributed by atoms with Crippen LogP contribution in [0.1, 0.15) is 13.3 Å². The molecule has 0 aromatic heterocycles. The Morgan fingerprint density at radius 3 is 2.79 bits per heavy atom. The Hall–Kier alpha value is -0.350. The number of nitrogens with zero attached hydrogens (tertiary/aromatic N) is 1. The molecule has 4 heteroatoms. The fourth-order valence-electron chi connectivity index (χ4n) is 2.59. The lowest BCUT2D eigenvalue weighted by atomic mass is 10.1. The van der Waals surface area contributed by atoms with Gasteiger partial charge in [-0.05, 0) is 19.3 Å². The molecule has 2 aliphatic heterocycles. The molecule has 2 atom stereocenters. The number of hydrogen-bond donors (Lipinski definition) is 0. The summed E-state index contributed by atoms with van der Waals surface area (Å²) >= 11 is 0. The van der Waals surface area contributed by atoms with Crippen molar-refractivity contribution in [2.45, 2.75) is 18.6 Å². The molecule has 0 bridgehead atoms. The minimum Gasteiger partial charge on any atom is -0.298 e. The normalized spacial score (nSPS) is 35.8. The van der Waals surface area contributed by atoms with E-state index < -0.39 is 9.84 Å². The molecule has 14 heavy (non-hydrogen) atoms. The molecule has 0 amide bonds. The van der Waals surface area contributed by atoms with Gasteiger partial charge in [0.25, 0.3) is 0 Å². The minimum absolute atomic E-state index is 0.0816. The molecule has 0 aromatic rings. The summed E-state index contributed by atoms with van der Waals surface area (Å²) < 4.78 is 23.3. The van der Waals surface area contributed by atoms with Crippen LogP contribution in [0.25, 0.3) is 0 Å². The second-order valence-corrected chi connectivity index (χ2v) is 6.94. The predicted octanol–water partition coefficient (Wildman–Crippen LogP) is 0.681. The van der Waals surface area contributed by atoms with Gasteiger partial charge >= 0.3 is 0 Å². The summed E-state index contributed by atoms with van der Waals surface area (Å²) in [6.45, 7) is 8.36. The maximum Gasteiger partial charge on any atom is 0.154 e. The van der Waals surface area contributed by atoms with Crippen LogP contribution in [0.5, 0.6) is 0 Å². The Labute approximate surface area is 85.7 Å². The number of hydrogen-bond acceptors (Lipinski definition) is 3. The van der Waals surface area contributed by atoms with Gasteiger partial charge in [-0.1, -0.05) is 12.2 Å². The third-order valence-electron chi connectivity index (χ3n) is 3.18. The van der Waals surface area contributed by atoms with E-state index in [0.29, 0.717) is 11.7 Å². The third kappa shape index (κ3) is 1.73. The van der Waals surface area contributed by atoms with E-state index in [1.165, 1.54) is 0 Å². The average Bonchev–Trinajstić information content (AvgIpc) is 2.53. The molecule has 0 spiro atoms. The molecule has 0 aliphatic carbocycles. The summed E-state index contributed by atoms with van der Waals surface area (Å²) in [7, 11) is -2.76. The van der Waals surface area contributed by atoms with E-state index in [4.69, 9.17) is 0 Å². The molecule has 2 heterocycles. The van der Waals surface area contributed by atoms with Gasteiger partial charge in [0.15, 0.2) is 9.84 Å². The van der Waals surface area contributed by atoms with Gasteiger partial charge in [0.1, 0.15) is 0 Å². The Morgan fingerprint density at radius 1 is 1.50 bits per heavy atom. The largest absolute Gasteiger partial charge is 0.298 e. The summed E-state index contributed by atoms with van der Waals surface area (Å²) in [6.07, 6.45) is 0.861. The van der Waals surface area contributed by atoms with Crippen LogP contribution >= 0.6 is 0 Å². The summed E-state index contributed by atoms with van der Waals surface area (Å²) in [6, 6.07) is 0. The van der Waals surface area contributed by atoms with Crippen molar-refractivity contribution in [2.75, 3.05) is 25.4 Å². The first-order valence-corrected chi connectivity index (χ1v) is 6.79. The fraction of sp³-hybridized carbons (Fsp3) is 0.800. The lowest BCUT2D eigenvalue weighted by Gasteiger charge is -2.15. The monoisotopic (exact) mass is 215 g/mol. The summed E-state index contributed by atoms with van der Waals surface area (Å²) in [5, 5.41) is -0.0816. The van der Waals surface area contributed by atoms with Gasteiger partial charge in [0.2, 0.25) is 0 Å². The van der Waals surface area contributed by atoms with E-state index in [1.807, 2.05) is 6.92 Å². The second kappa shape index (κ2) is 3.35. The first kappa shape index (κ1) is 10.2. The van der Waals surface area contributed by atoms with E-state index in [0.717, 1.165) is 31.6 Å². The third-order valence-corrected chi connectivity index (χ3v) is 5.45. The van der Waals surface area contributed by atoms with Crippen LogP contribution < -0.4 is 0 Å². The quantitative estimate of drug-likeness (QED) is 0.636. The summed E-state index contributed by atoms with van der Waals surface area (Å²) in [5.41, 5.74) is 1.11. The van der Waals surface area contributed by atoms with Gasteiger partial charge in [0.05, 0.1) is 11.0 Å². The smallest absolute Gasteiger partial charge is 0.154 e. The van der Waals surface area contributed by atoms with Crippen molar-refractivity contribution in [3.05, 3.63) is 12.2 Å². The molecule has 0 radical (unpaired) electrons. The maximum atomic E-state index is 11.6. The average molecular weight is 215 g/mol. The highest BCUT2D eigenvalue weighted by molar-refractivity contribution is 7.92. The van der Waals surface area contributed by atoms with E-state index in [-0.39, 0.29) is 5.25 Å². The minimum atomic E-state index is -2.76. The summed E-state index contributed by atoms with van der Waals surface area (Å²) in [5.74, 6) is 0.794. The van der Waals surface area contributed by atoms with Crippen molar-refractivity contribution in [1.82, 2.24) is 4.90 Å². The molecule has 2 saturated heterocycles. The van der Waals surface area contributed by atoms with Crippen LogP contribution in [0.15, 0.2) is 12.2 Å². The van der Waals surface area contributed by atoms with Crippen molar-refractivity contribution in [1.29, 1.82) is 0 Å². The van der Waals surface area contributed by atoms with Crippen LogP contribution in [0.3, 0.4) is 0 Å². The van der Waals surface area contributed by atoms with Crippen molar-refractivity contribution in [3.8, 4) is 0 Å². The van der Waals surface area contributed by atoms with E-state index in [2.05, 4.69) is 11.5 Å². The molecule has 2 aliphatic rings.